The number of carbonyl (C=O) groups is 2. The van der Waals surface area contributed by atoms with Gasteiger partial charge in [-0.1, -0.05) is 0 Å². The molecular weight excluding hydrogens is 404 g/mol. The fourth-order valence-corrected chi connectivity index (χ4v) is 4.00. The van der Waals surface area contributed by atoms with Crippen LogP contribution in [-0.4, -0.2) is 34.9 Å². The highest BCUT2D eigenvalue weighted by Gasteiger charge is 2.30. The minimum atomic E-state index is -3.44. The van der Waals surface area contributed by atoms with Crippen molar-refractivity contribution in [3.8, 4) is 5.69 Å². The molecule has 2 heterocycles. The van der Waals surface area contributed by atoms with Crippen LogP contribution in [0.2, 0.25) is 0 Å². The molecule has 0 radical (unpaired) electrons. The first-order chi connectivity index (χ1) is 14.4. The molecule has 5 rings (SSSR count). The summed E-state index contributed by atoms with van der Waals surface area (Å²) in [6.45, 7) is 0. The van der Waals surface area contributed by atoms with Crippen molar-refractivity contribution in [1.29, 1.82) is 0 Å². The van der Waals surface area contributed by atoms with Gasteiger partial charge in [-0.25, -0.2) is 13.1 Å². The largest absolute Gasteiger partial charge is 0.326 e. The van der Waals surface area contributed by atoms with E-state index in [4.69, 9.17) is 0 Å². The summed E-state index contributed by atoms with van der Waals surface area (Å²) in [5, 5.41) is 9.48. The first-order valence-corrected chi connectivity index (χ1v) is 11.5. The van der Waals surface area contributed by atoms with Crippen LogP contribution in [0.15, 0.2) is 53.7 Å². The minimum absolute atomic E-state index is 0.0220. The van der Waals surface area contributed by atoms with Gasteiger partial charge >= 0.3 is 0 Å². The molecule has 3 aliphatic rings. The van der Waals surface area contributed by atoms with E-state index in [1.54, 1.807) is 29.1 Å². The van der Waals surface area contributed by atoms with Gasteiger partial charge in [0.2, 0.25) is 5.91 Å². The van der Waals surface area contributed by atoms with Gasteiger partial charge in [0.25, 0.3) is 5.91 Å². The van der Waals surface area contributed by atoms with Gasteiger partial charge in [0.15, 0.2) is 9.84 Å². The number of benzene rings is 1. The maximum atomic E-state index is 13.1. The van der Waals surface area contributed by atoms with Crippen LogP contribution in [0.3, 0.4) is 0 Å². The molecular formula is C21H20N4O4S. The lowest BCUT2D eigenvalue weighted by Gasteiger charge is -2.19. The Bertz CT molecular complexity index is 1180. The van der Waals surface area contributed by atoms with Crippen LogP contribution in [0.4, 0.5) is 5.69 Å². The number of rotatable bonds is 5. The van der Waals surface area contributed by atoms with Gasteiger partial charge in [0, 0.05) is 36.1 Å². The van der Waals surface area contributed by atoms with Crippen molar-refractivity contribution in [2.45, 2.75) is 31.6 Å². The Morgan fingerprint density at radius 1 is 1.03 bits per heavy atom. The van der Waals surface area contributed by atoms with Crippen LogP contribution in [0, 0.1) is 5.92 Å². The lowest BCUT2D eigenvalue weighted by molar-refractivity contribution is -0.117. The van der Waals surface area contributed by atoms with Crippen molar-refractivity contribution in [1.82, 2.24) is 14.7 Å². The predicted octanol–water partition coefficient (Wildman–Crippen LogP) is 2.91. The van der Waals surface area contributed by atoms with Crippen molar-refractivity contribution in [2.75, 3.05) is 5.32 Å². The lowest BCUT2D eigenvalue weighted by atomic mass is 10.1. The van der Waals surface area contributed by atoms with Crippen molar-refractivity contribution >= 4 is 27.3 Å². The summed E-state index contributed by atoms with van der Waals surface area (Å²) in [5.74, 6) is 0.107. The van der Waals surface area contributed by atoms with E-state index in [1.165, 1.54) is 17.3 Å². The van der Waals surface area contributed by atoms with Crippen molar-refractivity contribution < 1.29 is 18.0 Å². The number of carbonyl (C=O) groups excluding carboxylic acids is 2. The normalized spacial score (nSPS) is 19.7. The third kappa shape index (κ3) is 3.80. The van der Waals surface area contributed by atoms with Gasteiger partial charge in [-0.05, 0) is 49.9 Å². The summed E-state index contributed by atoms with van der Waals surface area (Å²) in [4.78, 5) is 26.5. The summed E-state index contributed by atoms with van der Waals surface area (Å²) < 4.78 is 24.8. The number of nitrogens with zero attached hydrogens (tertiary/aromatic N) is 3. The Labute approximate surface area is 173 Å². The number of aromatic nitrogens is 2. The molecule has 1 N–H and O–H groups in total. The van der Waals surface area contributed by atoms with Crippen LogP contribution in [0.1, 0.15) is 47.7 Å². The summed E-state index contributed by atoms with van der Waals surface area (Å²) >= 11 is 0. The molecule has 2 aromatic rings. The number of nitrogens with one attached hydrogen (secondary N) is 1. The second-order valence-electron chi connectivity index (χ2n) is 7.83. The Balaban J connectivity index is 1.50. The van der Waals surface area contributed by atoms with Gasteiger partial charge < -0.3 is 5.32 Å². The van der Waals surface area contributed by atoms with Crippen LogP contribution < -0.4 is 5.32 Å². The molecule has 9 heteroatoms. The van der Waals surface area contributed by atoms with Crippen LogP contribution in [0.5, 0.6) is 0 Å². The molecule has 0 spiro atoms. The van der Waals surface area contributed by atoms with Crippen LogP contribution >= 0.6 is 0 Å². The number of hydrogen-bond acceptors (Lipinski definition) is 5. The highest BCUT2D eigenvalue weighted by atomic mass is 32.2. The molecule has 2 fully saturated rings. The molecule has 1 aliphatic heterocycles. The predicted molar refractivity (Wildman–Crippen MR) is 110 cm³/mol. The van der Waals surface area contributed by atoms with Gasteiger partial charge in [-0.3, -0.25) is 14.5 Å². The fourth-order valence-electron chi connectivity index (χ4n) is 3.31. The van der Waals surface area contributed by atoms with Gasteiger partial charge in [0.05, 0.1) is 27.8 Å². The molecule has 1 aromatic carbocycles. The molecule has 0 unspecified atom stereocenters. The second-order valence-corrected chi connectivity index (χ2v) is 9.55. The highest BCUT2D eigenvalue weighted by Crippen LogP contribution is 2.39. The average molecular weight is 424 g/mol. The van der Waals surface area contributed by atoms with Crippen molar-refractivity contribution in [3.05, 3.63) is 64.9 Å². The monoisotopic (exact) mass is 424 g/mol. The van der Waals surface area contributed by atoms with Crippen molar-refractivity contribution in [3.63, 3.8) is 0 Å². The quantitative estimate of drug-likeness (QED) is 0.795. The second kappa shape index (κ2) is 6.94. The van der Waals surface area contributed by atoms with E-state index in [-0.39, 0.29) is 11.8 Å². The molecule has 2 aliphatic carbocycles. The zero-order valence-electron chi connectivity index (χ0n) is 16.1. The number of amides is 2. The summed E-state index contributed by atoms with van der Waals surface area (Å²) in [6.07, 6.45) is 8.27. The Hall–Kier alpha value is -3.20. The Morgan fingerprint density at radius 3 is 2.43 bits per heavy atom. The fraction of sp³-hybridized carbons (Fsp3) is 0.286. The average Bonchev–Trinajstić information content (AvgIpc) is 3.65. The van der Waals surface area contributed by atoms with E-state index in [2.05, 4.69) is 10.4 Å². The van der Waals surface area contributed by atoms with Crippen LogP contribution in [0.25, 0.3) is 5.69 Å². The Morgan fingerprint density at radius 2 is 1.77 bits per heavy atom. The van der Waals surface area contributed by atoms with E-state index in [1.807, 2.05) is 6.07 Å². The summed E-state index contributed by atoms with van der Waals surface area (Å²) in [5.41, 5.74) is 2.44. The van der Waals surface area contributed by atoms with E-state index >= 15 is 0 Å². The van der Waals surface area contributed by atoms with E-state index in [9.17, 15) is 18.0 Å². The maximum Gasteiger partial charge on any atom is 0.264 e. The zero-order chi connectivity index (χ0) is 20.9. The number of anilines is 1. The van der Waals surface area contributed by atoms with Gasteiger partial charge in [0.1, 0.15) is 0 Å². The minimum Gasteiger partial charge on any atom is -0.326 e. The zero-order valence-corrected chi connectivity index (χ0v) is 16.9. The molecule has 2 saturated carbocycles. The molecule has 30 heavy (non-hydrogen) atoms. The molecule has 0 atom stereocenters. The van der Waals surface area contributed by atoms with E-state index in [0.29, 0.717) is 22.9 Å². The first-order valence-electron chi connectivity index (χ1n) is 9.85. The molecule has 0 bridgehead atoms. The first kappa shape index (κ1) is 18.8. The summed E-state index contributed by atoms with van der Waals surface area (Å²) in [7, 11) is -3.44. The third-order valence-corrected chi connectivity index (χ3v) is 6.35. The number of sulfone groups is 1. The van der Waals surface area contributed by atoms with Gasteiger partial charge in [-0.15, -0.1) is 0 Å². The standard InChI is InChI=1S/C21H20N4O4S/c26-20(15-3-4-15)22-16-5-6-17(21(27)24-9-11-30(28,29)12-10-24)19(13-16)25-8-7-18(23-25)14-1-2-14/h5-15H,1-4H2,(H,22,26). The number of hydrogen-bond donors (Lipinski definition) is 1. The van der Waals surface area contributed by atoms with E-state index < -0.39 is 15.7 Å². The lowest BCUT2D eigenvalue weighted by Crippen LogP contribution is -2.24. The SMILES string of the molecule is O=C(Nc1ccc(C(=O)N2C=CS(=O)(=O)C=C2)c(-n2ccc(C3CC3)n2)c1)C1CC1. The molecule has 0 saturated heterocycles. The molecule has 1 aromatic heterocycles. The summed E-state index contributed by atoms with van der Waals surface area (Å²) in [6, 6.07) is 6.97. The molecule has 154 valence electrons. The molecule has 8 nitrogen and oxygen atoms in total. The van der Waals surface area contributed by atoms with Crippen LogP contribution in [-0.2, 0) is 14.6 Å². The van der Waals surface area contributed by atoms with Crippen molar-refractivity contribution in [2.24, 2.45) is 5.92 Å². The Kier molecular flexibility index (Phi) is 4.35. The smallest absolute Gasteiger partial charge is 0.264 e. The third-order valence-electron chi connectivity index (χ3n) is 5.35. The van der Waals surface area contributed by atoms with E-state index in [0.717, 1.165) is 42.2 Å². The molecule has 2 amide bonds. The highest BCUT2D eigenvalue weighted by molar-refractivity contribution is 7.97. The maximum absolute atomic E-state index is 13.1. The van der Waals surface area contributed by atoms with Gasteiger partial charge in [-0.2, -0.15) is 5.10 Å². The topological polar surface area (TPSA) is 101 Å².